The largest absolute Gasteiger partial charge is 0.342 e. The zero-order valence-electron chi connectivity index (χ0n) is 12.9. The molecule has 0 aromatic carbocycles. The molecule has 1 aliphatic heterocycles. The first-order valence-electron chi connectivity index (χ1n) is 7.29. The third-order valence-corrected chi connectivity index (χ3v) is 5.16. The van der Waals surface area contributed by atoms with Crippen LogP contribution in [0, 0.1) is 0 Å². The second-order valence-electron chi connectivity index (χ2n) is 5.34. The van der Waals surface area contributed by atoms with E-state index in [4.69, 9.17) is 0 Å². The Balaban J connectivity index is 2.45. The molecule has 0 radical (unpaired) electrons. The van der Waals surface area contributed by atoms with Gasteiger partial charge in [0.2, 0.25) is 15.9 Å². The number of carbonyl (C=O) groups is 1. The van der Waals surface area contributed by atoms with Crippen LogP contribution >= 0.6 is 0 Å². The van der Waals surface area contributed by atoms with Crippen molar-refractivity contribution in [2.24, 2.45) is 0 Å². The summed E-state index contributed by atoms with van der Waals surface area (Å²) in [5.41, 5.74) is 0. The zero-order valence-corrected chi connectivity index (χ0v) is 13.7. The summed E-state index contributed by atoms with van der Waals surface area (Å²) in [6, 6.07) is -0.00723. The van der Waals surface area contributed by atoms with E-state index in [0.29, 0.717) is 26.2 Å². The Bertz CT molecular complexity index is 413. The average molecular weight is 305 g/mol. The maximum Gasteiger partial charge on any atom is 0.239 e. The molecule has 0 aromatic rings. The van der Waals surface area contributed by atoms with Crippen molar-refractivity contribution < 1.29 is 13.2 Å². The molecule has 1 N–H and O–H groups in total. The molecular formula is C13H27N3O3S. The van der Waals surface area contributed by atoms with Gasteiger partial charge < -0.3 is 10.2 Å². The van der Waals surface area contributed by atoms with Crippen LogP contribution in [-0.2, 0) is 14.8 Å². The van der Waals surface area contributed by atoms with E-state index in [0.717, 1.165) is 12.8 Å². The van der Waals surface area contributed by atoms with Gasteiger partial charge in [0.1, 0.15) is 0 Å². The number of sulfonamides is 1. The van der Waals surface area contributed by atoms with E-state index in [1.54, 1.807) is 0 Å². The highest BCUT2D eigenvalue weighted by Gasteiger charge is 2.27. The minimum atomic E-state index is -3.09. The van der Waals surface area contributed by atoms with Gasteiger partial charge in [0.25, 0.3) is 0 Å². The quantitative estimate of drug-likeness (QED) is 0.764. The molecule has 1 aliphatic rings. The Labute approximate surface area is 122 Å². The second-order valence-corrected chi connectivity index (χ2v) is 7.32. The van der Waals surface area contributed by atoms with Gasteiger partial charge in [0, 0.05) is 32.2 Å². The van der Waals surface area contributed by atoms with Gasteiger partial charge in [-0.25, -0.2) is 12.7 Å². The lowest BCUT2D eigenvalue weighted by atomic mass is 10.1. The fourth-order valence-electron chi connectivity index (χ4n) is 2.59. The molecule has 20 heavy (non-hydrogen) atoms. The molecule has 1 unspecified atom stereocenters. The molecule has 0 spiro atoms. The van der Waals surface area contributed by atoms with Crippen LogP contribution in [-0.4, -0.2) is 68.0 Å². The monoisotopic (exact) mass is 305 g/mol. The van der Waals surface area contributed by atoms with Crippen molar-refractivity contribution in [2.45, 2.75) is 45.7 Å². The zero-order chi connectivity index (χ0) is 15.3. The molecule has 6 nitrogen and oxygen atoms in total. The third kappa shape index (κ3) is 4.71. The number of rotatable bonds is 6. The first-order chi connectivity index (χ1) is 9.29. The fraction of sp³-hybridized carbons (Fsp3) is 0.923. The maximum atomic E-state index is 12.2. The molecule has 1 fully saturated rings. The number of nitrogens with one attached hydrogen (secondary N) is 1. The van der Waals surface area contributed by atoms with Crippen LogP contribution in [0.2, 0.25) is 0 Å². The Morgan fingerprint density at radius 1 is 1.30 bits per heavy atom. The van der Waals surface area contributed by atoms with Crippen molar-refractivity contribution >= 4 is 15.9 Å². The van der Waals surface area contributed by atoms with Crippen molar-refractivity contribution in [1.82, 2.24) is 14.5 Å². The first-order valence-corrected chi connectivity index (χ1v) is 9.14. The lowest BCUT2D eigenvalue weighted by Gasteiger charge is -2.33. The number of piperidine rings is 1. The number of nitrogens with zero attached hydrogens (tertiary/aromatic N) is 2. The summed E-state index contributed by atoms with van der Waals surface area (Å²) in [5.74, 6) is 0.112. The predicted octanol–water partition coefficient (Wildman–Crippen LogP) is 0.257. The van der Waals surface area contributed by atoms with Gasteiger partial charge in [0.15, 0.2) is 0 Å². The minimum Gasteiger partial charge on any atom is -0.342 e. The van der Waals surface area contributed by atoms with E-state index in [1.165, 1.54) is 10.6 Å². The van der Waals surface area contributed by atoms with Crippen LogP contribution in [0.25, 0.3) is 0 Å². The van der Waals surface area contributed by atoms with E-state index >= 15 is 0 Å². The highest BCUT2D eigenvalue weighted by atomic mass is 32.2. The molecule has 7 heteroatoms. The van der Waals surface area contributed by atoms with Crippen LogP contribution in [0.15, 0.2) is 0 Å². The van der Waals surface area contributed by atoms with Gasteiger partial charge in [-0.1, -0.05) is 0 Å². The normalized spacial score (nSPS) is 19.8. The minimum absolute atomic E-state index is 0.112. The van der Waals surface area contributed by atoms with Gasteiger partial charge in [0.05, 0.1) is 12.3 Å². The topological polar surface area (TPSA) is 69.7 Å². The molecule has 1 rings (SSSR count). The Morgan fingerprint density at radius 2 is 1.80 bits per heavy atom. The molecule has 0 bridgehead atoms. The van der Waals surface area contributed by atoms with Crippen molar-refractivity contribution in [3.05, 3.63) is 0 Å². The SMILES string of the molecule is CCN(CC)C(=O)C(C)NC1CCN(S(C)(=O)=O)CC1. The average Bonchev–Trinajstić information content (AvgIpc) is 2.39. The smallest absolute Gasteiger partial charge is 0.239 e. The molecule has 118 valence electrons. The van der Waals surface area contributed by atoms with E-state index in [-0.39, 0.29) is 18.0 Å². The molecular weight excluding hydrogens is 278 g/mol. The highest BCUT2D eigenvalue weighted by Crippen LogP contribution is 2.14. The number of hydrogen-bond donors (Lipinski definition) is 1. The molecule has 1 saturated heterocycles. The molecule has 1 atom stereocenters. The molecule has 0 saturated carbocycles. The number of hydrogen-bond acceptors (Lipinski definition) is 4. The maximum absolute atomic E-state index is 12.2. The van der Waals surface area contributed by atoms with Crippen molar-refractivity contribution in [3.63, 3.8) is 0 Å². The van der Waals surface area contributed by atoms with E-state index < -0.39 is 10.0 Å². The summed E-state index contributed by atoms with van der Waals surface area (Å²) < 4.78 is 24.4. The van der Waals surface area contributed by atoms with Gasteiger partial charge in [-0.05, 0) is 33.6 Å². The van der Waals surface area contributed by atoms with E-state index in [9.17, 15) is 13.2 Å². The standard InChI is InChI=1S/C13H27N3O3S/c1-5-15(6-2)13(17)11(3)14-12-7-9-16(10-8-12)20(4,18)19/h11-12,14H,5-10H2,1-4H3. The Kier molecular flexibility index (Phi) is 6.42. The van der Waals surface area contributed by atoms with Gasteiger partial charge >= 0.3 is 0 Å². The van der Waals surface area contributed by atoms with Crippen LogP contribution in [0.4, 0.5) is 0 Å². The fourth-order valence-corrected chi connectivity index (χ4v) is 3.46. The van der Waals surface area contributed by atoms with Crippen LogP contribution < -0.4 is 5.32 Å². The summed E-state index contributed by atoms with van der Waals surface area (Å²) in [4.78, 5) is 14.0. The number of amides is 1. The summed E-state index contributed by atoms with van der Waals surface area (Å²) in [7, 11) is -3.09. The van der Waals surface area contributed by atoms with Crippen LogP contribution in [0.5, 0.6) is 0 Å². The summed E-state index contributed by atoms with van der Waals surface area (Å²) in [6.45, 7) is 8.31. The summed E-state index contributed by atoms with van der Waals surface area (Å²) in [6.07, 6.45) is 2.75. The summed E-state index contributed by atoms with van der Waals surface area (Å²) in [5, 5.41) is 3.33. The van der Waals surface area contributed by atoms with E-state index in [1.807, 2.05) is 25.7 Å². The van der Waals surface area contributed by atoms with E-state index in [2.05, 4.69) is 5.32 Å². The van der Waals surface area contributed by atoms with Gasteiger partial charge in [-0.3, -0.25) is 4.79 Å². The molecule has 0 aliphatic carbocycles. The van der Waals surface area contributed by atoms with Crippen molar-refractivity contribution in [1.29, 1.82) is 0 Å². The lowest BCUT2D eigenvalue weighted by Crippen LogP contribution is -2.51. The van der Waals surface area contributed by atoms with Gasteiger partial charge in [-0.2, -0.15) is 0 Å². The van der Waals surface area contributed by atoms with Crippen molar-refractivity contribution in [3.8, 4) is 0 Å². The summed E-state index contributed by atoms with van der Waals surface area (Å²) >= 11 is 0. The first kappa shape index (κ1) is 17.4. The number of carbonyl (C=O) groups excluding carboxylic acids is 1. The lowest BCUT2D eigenvalue weighted by molar-refractivity contribution is -0.132. The van der Waals surface area contributed by atoms with Crippen LogP contribution in [0.1, 0.15) is 33.6 Å². The Hall–Kier alpha value is -0.660. The Morgan fingerprint density at radius 3 is 2.20 bits per heavy atom. The molecule has 1 heterocycles. The third-order valence-electron chi connectivity index (χ3n) is 3.85. The van der Waals surface area contributed by atoms with Crippen molar-refractivity contribution in [2.75, 3.05) is 32.4 Å². The van der Waals surface area contributed by atoms with Crippen LogP contribution in [0.3, 0.4) is 0 Å². The van der Waals surface area contributed by atoms with Gasteiger partial charge in [-0.15, -0.1) is 0 Å². The highest BCUT2D eigenvalue weighted by molar-refractivity contribution is 7.88. The number of likely N-dealkylation sites (N-methyl/N-ethyl adjacent to an activating group) is 1. The second kappa shape index (κ2) is 7.38. The molecule has 0 aromatic heterocycles. The predicted molar refractivity (Wildman–Crippen MR) is 80.0 cm³/mol. The molecule has 1 amide bonds.